The van der Waals surface area contributed by atoms with Crippen LogP contribution in [0.4, 0.5) is 28.4 Å². The van der Waals surface area contributed by atoms with E-state index in [1.54, 1.807) is 73.1 Å². The number of piperidine rings is 1. The van der Waals surface area contributed by atoms with Crippen molar-refractivity contribution < 1.29 is 14.7 Å². The van der Waals surface area contributed by atoms with Gasteiger partial charge >= 0.3 is 0 Å². The third kappa shape index (κ3) is 6.26. The molecule has 0 unspecified atom stereocenters. The number of rotatable bonds is 7. The number of carbonyl (C=O) groups is 2. The standard InChI is InChI=1S/C30H28N6O3/c31-18-22-17-25(35-29(38)20-1-8-26(9-2-20)36-15-12-27(37)13-16-36)7-10-28(22)33-23-3-5-24(6-4-23)34-30(39)21-11-14-32-19-21/h1-11,14,17,19,27,32-33,37H,12-13,15-16H2,(H,34,39)(H,35,38). The molecule has 2 amide bonds. The molecule has 5 N–H and O–H groups in total. The van der Waals surface area contributed by atoms with Crippen LogP contribution in [0.3, 0.4) is 0 Å². The Morgan fingerprint density at radius 3 is 2.15 bits per heavy atom. The summed E-state index contributed by atoms with van der Waals surface area (Å²) in [4.78, 5) is 30.1. The number of aliphatic hydroxyl groups is 1. The average molecular weight is 521 g/mol. The Labute approximate surface area is 226 Å². The first-order chi connectivity index (χ1) is 19.0. The molecule has 4 aromatic rings. The maximum Gasteiger partial charge on any atom is 0.257 e. The number of anilines is 5. The summed E-state index contributed by atoms with van der Waals surface area (Å²) in [5, 5.41) is 28.3. The highest BCUT2D eigenvalue weighted by molar-refractivity contribution is 6.05. The van der Waals surface area contributed by atoms with Crippen LogP contribution in [0.25, 0.3) is 0 Å². The molecule has 1 aliphatic rings. The molecule has 39 heavy (non-hydrogen) atoms. The summed E-state index contributed by atoms with van der Waals surface area (Å²) in [7, 11) is 0. The molecule has 2 heterocycles. The second-order valence-electron chi connectivity index (χ2n) is 9.35. The predicted molar refractivity (Wildman–Crippen MR) is 151 cm³/mol. The van der Waals surface area contributed by atoms with Crippen molar-refractivity contribution in [2.75, 3.05) is 33.9 Å². The summed E-state index contributed by atoms with van der Waals surface area (Å²) in [5.41, 5.74) is 4.95. The van der Waals surface area contributed by atoms with Crippen LogP contribution < -0.4 is 20.9 Å². The van der Waals surface area contributed by atoms with Gasteiger partial charge in [0.05, 0.1) is 22.9 Å². The molecule has 1 saturated heterocycles. The Morgan fingerprint density at radius 2 is 1.49 bits per heavy atom. The quantitative estimate of drug-likeness (QED) is 0.230. The van der Waals surface area contributed by atoms with E-state index in [1.807, 2.05) is 12.1 Å². The fourth-order valence-electron chi connectivity index (χ4n) is 4.44. The second-order valence-corrected chi connectivity index (χ2v) is 9.35. The van der Waals surface area contributed by atoms with Gasteiger partial charge in [-0.05, 0) is 85.6 Å². The van der Waals surface area contributed by atoms with Crippen LogP contribution in [-0.2, 0) is 0 Å². The summed E-state index contributed by atoms with van der Waals surface area (Å²) in [5.74, 6) is -0.475. The zero-order valence-electron chi connectivity index (χ0n) is 21.1. The zero-order valence-corrected chi connectivity index (χ0v) is 21.1. The summed E-state index contributed by atoms with van der Waals surface area (Å²) >= 11 is 0. The van der Waals surface area contributed by atoms with Gasteiger partial charge < -0.3 is 30.9 Å². The number of aromatic nitrogens is 1. The van der Waals surface area contributed by atoms with Crippen LogP contribution in [0.5, 0.6) is 0 Å². The molecule has 5 rings (SSSR count). The maximum absolute atomic E-state index is 12.8. The van der Waals surface area contributed by atoms with Crippen molar-refractivity contribution in [2.24, 2.45) is 0 Å². The highest BCUT2D eigenvalue weighted by Gasteiger charge is 2.17. The van der Waals surface area contributed by atoms with Gasteiger partial charge in [0.15, 0.2) is 0 Å². The van der Waals surface area contributed by atoms with E-state index in [4.69, 9.17) is 0 Å². The monoisotopic (exact) mass is 520 g/mol. The smallest absolute Gasteiger partial charge is 0.257 e. The Kier molecular flexibility index (Phi) is 7.57. The lowest BCUT2D eigenvalue weighted by molar-refractivity contribution is 0.101. The molecule has 0 radical (unpaired) electrons. The number of aromatic amines is 1. The van der Waals surface area contributed by atoms with Gasteiger partial charge in [0, 0.05) is 53.8 Å². The van der Waals surface area contributed by atoms with Crippen molar-refractivity contribution in [3.05, 3.63) is 102 Å². The van der Waals surface area contributed by atoms with Gasteiger partial charge in [-0.2, -0.15) is 5.26 Å². The minimum Gasteiger partial charge on any atom is -0.393 e. The van der Waals surface area contributed by atoms with Crippen molar-refractivity contribution in [1.82, 2.24) is 4.98 Å². The van der Waals surface area contributed by atoms with Gasteiger partial charge in [-0.15, -0.1) is 0 Å². The fraction of sp³-hybridized carbons (Fsp3) is 0.167. The molecule has 0 bridgehead atoms. The maximum atomic E-state index is 12.8. The summed E-state index contributed by atoms with van der Waals surface area (Å²) < 4.78 is 0. The number of H-pyrrole nitrogens is 1. The SMILES string of the molecule is N#Cc1cc(NC(=O)c2ccc(N3CCC(O)CC3)cc2)ccc1Nc1ccc(NC(=O)c2cc[nH]c2)cc1. The highest BCUT2D eigenvalue weighted by Crippen LogP contribution is 2.26. The van der Waals surface area contributed by atoms with E-state index in [9.17, 15) is 20.0 Å². The van der Waals surface area contributed by atoms with Crippen LogP contribution in [0, 0.1) is 11.3 Å². The van der Waals surface area contributed by atoms with Gasteiger partial charge in [-0.25, -0.2) is 0 Å². The molecule has 196 valence electrons. The molecule has 1 aromatic heterocycles. The van der Waals surface area contributed by atoms with E-state index in [0.717, 1.165) is 37.3 Å². The van der Waals surface area contributed by atoms with Crippen LogP contribution in [-0.4, -0.2) is 41.1 Å². The van der Waals surface area contributed by atoms with Crippen molar-refractivity contribution in [3.8, 4) is 6.07 Å². The lowest BCUT2D eigenvalue weighted by Gasteiger charge is -2.31. The number of nitrogens with zero attached hydrogens (tertiary/aromatic N) is 2. The summed E-state index contributed by atoms with van der Waals surface area (Å²) in [6.45, 7) is 1.58. The number of aliphatic hydroxyl groups excluding tert-OH is 1. The minimum atomic E-state index is -0.266. The molecular weight excluding hydrogens is 492 g/mol. The number of hydrogen-bond acceptors (Lipinski definition) is 6. The zero-order chi connectivity index (χ0) is 27.2. The number of nitriles is 1. The lowest BCUT2D eigenvalue weighted by Crippen LogP contribution is -2.35. The average Bonchev–Trinajstić information content (AvgIpc) is 3.51. The van der Waals surface area contributed by atoms with Crippen LogP contribution in [0.1, 0.15) is 39.1 Å². The number of hydrogen-bond donors (Lipinski definition) is 5. The Morgan fingerprint density at radius 1 is 0.846 bits per heavy atom. The normalized spacial score (nSPS) is 13.4. The molecule has 3 aromatic carbocycles. The molecule has 0 atom stereocenters. The predicted octanol–water partition coefficient (Wildman–Crippen LogP) is 5.10. The molecule has 9 heteroatoms. The highest BCUT2D eigenvalue weighted by atomic mass is 16.3. The van der Waals surface area contributed by atoms with Crippen molar-refractivity contribution in [1.29, 1.82) is 5.26 Å². The fourth-order valence-corrected chi connectivity index (χ4v) is 4.44. The van der Waals surface area contributed by atoms with Crippen molar-refractivity contribution in [3.63, 3.8) is 0 Å². The van der Waals surface area contributed by atoms with Gasteiger partial charge in [0.1, 0.15) is 6.07 Å². The molecule has 1 fully saturated rings. The van der Waals surface area contributed by atoms with E-state index < -0.39 is 0 Å². The lowest BCUT2D eigenvalue weighted by atomic mass is 10.1. The molecule has 0 saturated carbocycles. The number of amides is 2. The summed E-state index contributed by atoms with van der Waals surface area (Å²) in [6, 6.07) is 23.5. The van der Waals surface area contributed by atoms with Crippen LogP contribution >= 0.6 is 0 Å². The second kappa shape index (κ2) is 11.5. The van der Waals surface area contributed by atoms with Gasteiger partial charge in [-0.3, -0.25) is 9.59 Å². The Bertz CT molecular complexity index is 1480. The third-order valence-electron chi connectivity index (χ3n) is 6.64. The largest absolute Gasteiger partial charge is 0.393 e. The molecule has 0 spiro atoms. The minimum absolute atomic E-state index is 0.208. The topological polar surface area (TPSA) is 133 Å². The van der Waals surface area contributed by atoms with Crippen LogP contribution in [0.2, 0.25) is 0 Å². The summed E-state index contributed by atoms with van der Waals surface area (Å²) in [6.07, 6.45) is 4.56. The van der Waals surface area contributed by atoms with E-state index >= 15 is 0 Å². The first kappa shape index (κ1) is 25.6. The van der Waals surface area contributed by atoms with E-state index in [1.165, 1.54) is 0 Å². The van der Waals surface area contributed by atoms with Gasteiger partial charge in [-0.1, -0.05) is 0 Å². The van der Waals surface area contributed by atoms with Crippen molar-refractivity contribution in [2.45, 2.75) is 18.9 Å². The Hall–Kier alpha value is -5.07. The molecule has 1 aliphatic heterocycles. The molecule has 9 nitrogen and oxygen atoms in total. The van der Waals surface area contributed by atoms with E-state index in [0.29, 0.717) is 33.8 Å². The first-order valence-electron chi connectivity index (χ1n) is 12.7. The van der Waals surface area contributed by atoms with E-state index in [2.05, 4.69) is 31.9 Å². The third-order valence-corrected chi connectivity index (χ3v) is 6.64. The molecule has 0 aliphatic carbocycles. The van der Waals surface area contributed by atoms with Crippen molar-refractivity contribution >= 4 is 40.3 Å². The number of carbonyl (C=O) groups excluding carboxylic acids is 2. The van der Waals surface area contributed by atoms with Crippen LogP contribution in [0.15, 0.2) is 85.2 Å². The van der Waals surface area contributed by atoms with Gasteiger partial charge in [0.2, 0.25) is 0 Å². The van der Waals surface area contributed by atoms with E-state index in [-0.39, 0.29) is 17.9 Å². The Balaban J connectivity index is 1.20. The number of benzene rings is 3. The first-order valence-corrected chi connectivity index (χ1v) is 12.7. The number of nitrogens with one attached hydrogen (secondary N) is 4. The van der Waals surface area contributed by atoms with Gasteiger partial charge in [0.25, 0.3) is 11.8 Å². The molecular formula is C30H28N6O3.